The Hall–Kier alpha value is -1.06. The van der Waals surface area contributed by atoms with Gasteiger partial charge in [-0.25, -0.2) is 0 Å². The topological polar surface area (TPSA) is 38.3 Å². The van der Waals surface area contributed by atoms with Crippen molar-refractivity contribution in [1.82, 2.24) is 5.32 Å². The van der Waals surface area contributed by atoms with Crippen LogP contribution >= 0.6 is 11.6 Å². The molecule has 0 aliphatic heterocycles. The van der Waals surface area contributed by atoms with Crippen LogP contribution in [-0.4, -0.2) is 25.7 Å². The van der Waals surface area contributed by atoms with Gasteiger partial charge in [-0.2, -0.15) is 0 Å². The fourth-order valence-electron chi connectivity index (χ4n) is 2.27. The third-order valence-electron chi connectivity index (χ3n) is 3.42. The van der Waals surface area contributed by atoms with Crippen LogP contribution in [-0.2, 0) is 9.53 Å². The normalized spacial score (nSPS) is 21.2. The molecule has 104 valence electrons. The van der Waals surface area contributed by atoms with E-state index in [0.29, 0.717) is 12.3 Å². The van der Waals surface area contributed by atoms with Gasteiger partial charge in [0.25, 0.3) is 0 Å². The van der Waals surface area contributed by atoms with Gasteiger partial charge in [-0.15, -0.1) is 0 Å². The number of methoxy groups -OCH3 is 1. The summed E-state index contributed by atoms with van der Waals surface area (Å²) in [6.45, 7) is 0.724. The van der Waals surface area contributed by atoms with Crippen molar-refractivity contribution in [3.8, 4) is 0 Å². The SMILES string of the molecule is COCCCCC(=O)N[C@@H]1C[C@H]1c1cccc(Cl)c1. The minimum Gasteiger partial charge on any atom is -0.385 e. The summed E-state index contributed by atoms with van der Waals surface area (Å²) in [7, 11) is 1.68. The number of carbonyl (C=O) groups excluding carboxylic acids is 1. The lowest BCUT2D eigenvalue weighted by Gasteiger charge is -2.05. The molecule has 1 aromatic rings. The zero-order valence-electron chi connectivity index (χ0n) is 11.2. The molecule has 4 heteroatoms. The minimum absolute atomic E-state index is 0.144. The molecule has 1 fully saturated rings. The molecule has 0 unspecified atom stereocenters. The summed E-state index contributed by atoms with van der Waals surface area (Å²) in [5, 5.41) is 3.83. The highest BCUT2D eigenvalue weighted by molar-refractivity contribution is 6.30. The van der Waals surface area contributed by atoms with Crippen LogP contribution in [0.5, 0.6) is 0 Å². The molecule has 1 aliphatic carbocycles. The van der Waals surface area contributed by atoms with E-state index in [1.165, 1.54) is 5.56 Å². The van der Waals surface area contributed by atoms with E-state index in [0.717, 1.165) is 30.9 Å². The largest absolute Gasteiger partial charge is 0.385 e. The van der Waals surface area contributed by atoms with Gasteiger partial charge in [-0.05, 0) is 37.0 Å². The number of halogens is 1. The lowest BCUT2D eigenvalue weighted by Crippen LogP contribution is -2.26. The monoisotopic (exact) mass is 281 g/mol. The van der Waals surface area contributed by atoms with E-state index in [9.17, 15) is 4.79 Å². The molecule has 2 rings (SSSR count). The average Bonchev–Trinajstić information content (AvgIpc) is 3.14. The molecule has 0 saturated heterocycles. The highest BCUT2D eigenvalue weighted by Crippen LogP contribution is 2.41. The van der Waals surface area contributed by atoms with Gasteiger partial charge in [0.05, 0.1) is 0 Å². The summed E-state index contributed by atoms with van der Waals surface area (Å²) < 4.78 is 4.96. The van der Waals surface area contributed by atoms with Crippen LogP contribution in [0, 0.1) is 0 Å². The van der Waals surface area contributed by atoms with Crippen molar-refractivity contribution in [2.24, 2.45) is 0 Å². The van der Waals surface area contributed by atoms with E-state index >= 15 is 0 Å². The van der Waals surface area contributed by atoms with E-state index in [2.05, 4.69) is 11.4 Å². The number of ether oxygens (including phenoxy) is 1. The van der Waals surface area contributed by atoms with Crippen LogP contribution in [0.3, 0.4) is 0 Å². The summed E-state index contributed by atoms with van der Waals surface area (Å²) in [5.41, 5.74) is 1.22. The second kappa shape index (κ2) is 6.92. The number of hydrogen-bond donors (Lipinski definition) is 1. The quantitative estimate of drug-likeness (QED) is 0.780. The molecular weight excluding hydrogens is 262 g/mol. The fraction of sp³-hybridized carbons (Fsp3) is 0.533. The van der Waals surface area contributed by atoms with Crippen LogP contribution in [0.4, 0.5) is 0 Å². The Balaban J connectivity index is 1.70. The van der Waals surface area contributed by atoms with E-state index in [1.807, 2.05) is 18.2 Å². The summed E-state index contributed by atoms with van der Waals surface area (Å²) >= 11 is 5.97. The Morgan fingerprint density at radius 2 is 2.32 bits per heavy atom. The van der Waals surface area contributed by atoms with Crippen molar-refractivity contribution >= 4 is 17.5 Å². The lowest BCUT2D eigenvalue weighted by molar-refractivity contribution is -0.121. The smallest absolute Gasteiger partial charge is 0.220 e. The standard InChI is InChI=1S/C15H20ClNO2/c1-19-8-3-2-7-15(18)17-14-10-13(14)11-5-4-6-12(16)9-11/h4-6,9,13-14H,2-3,7-8,10H2,1H3,(H,17,18)/t13-,14+/m0/s1. The summed E-state index contributed by atoms with van der Waals surface area (Å²) in [4.78, 5) is 11.7. The molecule has 0 bridgehead atoms. The number of rotatable bonds is 7. The second-order valence-corrected chi connectivity index (χ2v) is 5.46. The van der Waals surface area contributed by atoms with Crippen molar-refractivity contribution < 1.29 is 9.53 Å². The molecule has 1 N–H and O–H groups in total. The third-order valence-corrected chi connectivity index (χ3v) is 3.65. The first-order valence-electron chi connectivity index (χ1n) is 6.74. The summed E-state index contributed by atoms with van der Waals surface area (Å²) in [5.74, 6) is 0.576. The maximum absolute atomic E-state index is 11.7. The van der Waals surface area contributed by atoms with E-state index < -0.39 is 0 Å². The zero-order chi connectivity index (χ0) is 13.7. The molecule has 1 aromatic carbocycles. The summed E-state index contributed by atoms with van der Waals surface area (Å²) in [6, 6.07) is 8.17. The van der Waals surface area contributed by atoms with Crippen molar-refractivity contribution in [1.29, 1.82) is 0 Å². The van der Waals surface area contributed by atoms with Crippen LogP contribution in [0.1, 0.15) is 37.2 Å². The van der Waals surface area contributed by atoms with Gasteiger partial charge in [0.15, 0.2) is 0 Å². The molecule has 19 heavy (non-hydrogen) atoms. The van der Waals surface area contributed by atoms with Crippen LogP contribution < -0.4 is 5.32 Å². The predicted molar refractivity (Wildman–Crippen MR) is 76.5 cm³/mol. The molecule has 0 heterocycles. The zero-order valence-corrected chi connectivity index (χ0v) is 12.0. The van der Waals surface area contributed by atoms with E-state index in [-0.39, 0.29) is 11.9 Å². The lowest BCUT2D eigenvalue weighted by atomic mass is 10.1. The Bertz CT molecular complexity index is 436. The molecule has 1 saturated carbocycles. The maximum Gasteiger partial charge on any atom is 0.220 e. The van der Waals surface area contributed by atoms with Crippen LogP contribution in [0.15, 0.2) is 24.3 Å². The Labute approximate surface area is 119 Å². The van der Waals surface area contributed by atoms with Crippen molar-refractivity contribution in [2.75, 3.05) is 13.7 Å². The van der Waals surface area contributed by atoms with Gasteiger partial charge in [0.2, 0.25) is 5.91 Å². The molecule has 1 amide bonds. The number of carbonyl (C=O) groups is 1. The van der Waals surface area contributed by atoms with Gasteiger partial charge in [0.1, 0.15) is 0 Å². The molecule has 2 atom stereocenters. The first kappa shape index (κ1) is 14.4. The van der Waals surface area contributed by atoms with Crippen LogP contribution in [0.25, 0.3) is 0 Å². The van der Waals surface area contributed by atoms with Gasteiger partial charge in [0, 0.05) is 37.1 Å². The molecule has 1 aliphatic rings. The minimum atomic E-state index is 0.144. The highest BCUT2D eigenvalue weighted by atomic mass is 35.5. The van der Waals surface area contributed by atoms with Gasteiger partial charge >= 0.3 is 0 Å². The molecule has 3 nitrogen and oxygen atoms in total. The van der Waals surface area contributed by atoms with Gasteiger partial charge in [-0.1, -0.05) is 23.7 Å². The Morgan fingerprint density at radius 1 is 1.47 bits per heavy atom. The van der Waals surface area contributed by atoms with Crippen molar-refractivity contribution in [3.63, 3.8) is 0 Å². The highest BCUT2D eigenvalue weighted by Gasteiger charge is 2.39. The van der Waals surface area contributed by atoms with Crippen molar-refractivity contribution in [2.45, 2.75) is 37.6 Å². The Morgan fingerprint density at radius 3 is 3.05 bits per heavy atom. The number of unbranched alkanes of at least 4 members (excludes halogenated alkanes) is 1. The van der Waals surface area contributed by atoms with E-state index in [4.69, 9.17) is 16.3 Å². The average molecular weight is 282 g/mol. The van der Waals surface area contributed by atoms with Crippen LogP contribution in [0.2, 0.25) is 5.02 Å². The van der Waals surface area contributed by atoms with Gasteiger partial charge in [-0.3, -0.25) is 4.79 Å². The number of benzene rings is 1. The molecule has 0 aromatic heterocycles. The molecule has 0 spiro atoms. The summed E-state index contributed by atoms with van der Waals surface area (Å²) in [6.07, 6.45) is 3.42. The molecular formula is C15H20ClNO2. The second-order valence-electron chi connectivity index (χ2n) is 5.02. The number of amides is 1. The number of nitrogens with one attached hydrogen (secondary N) is 1. The third kappa shape index (κ3) is 4.51. The Kier molecular flexibility index (Phi) is 5.23. The first-order chi connectivity index (χ1) is 9.20. The molecule has 0 radical (unpaired) electrons. The first-order valence-corrected chi connectivity index (χ1v) is 7.12. The van der Waals surface area contributed by atoms with Crippen molar-refractivity contribution in [3.05, 3.63) is 34.9 Å². The fourth-order valence-corrected chi connectivity index (χ4v) is 2.47. The predicted octanol–water partition coefficient (Wildman–Crippen LogP) is 3.13. The van der Waals surface area contributed by atoms with E-state index in [1.54, 1.807) is 7.11 Å². The van der Waals surface area contributed by atoms with Gasteiger partial charge < -0.3 is 10.1 Å². The number of hydrogen-bond acceptors (Lipinski definition) is 2. The maximum atomic E-state index is 11.7.